The van der Waals surface area contributed by atoms with Gasteiger partial charge in [0.15, 0.2) is 16.6 Å². The molecule has 1 N–H and O–H groups in total. The van der Waals surface area contributed by atoms with Crippen LogP contribution in [-0.2, 0) is 30.7 Å². The van der Waals surface area contributed by atoms with E-state index in [-0.39, 0.29) is 13.2 Å². The molecule has 0 bridgehead atoms. The van der Waals surface area contributed by atoms with Crippen LogP contribution in [0, 0.1) is 0 Å². The van der Waals surface area contributed by atoms with Crippen molar-refractivity contribution < 1.29 is 35.8 Å². The summed E-state index contributed by atoms with van der Waals surface area (Å²) >= 11 is 0. The molecule has 0 aromatic carbocycles. The molecule has 0 fully saturated rings. The lowest BCUT2D eigenvalue weighted by Crippen LogP contribution is -2.58. The number of ether oxygens (including phenoxy) is 2. The lowest BCUT2D eigenvalue weighted by Gasteiger charge is -2.42. The van der Waals surface area contributed by atoms with Crippen LogP contribution in [0.1, 0.15) is 26.2 Å². The molecule has 0 aromatic heterocycles. The Hall–Kier alpha value is 0.0544. The molecule has 0 aliphatic heterocycles. The average molecular weight is 599 g/mol. The Balaban J connectivity index is 4.64. The topological polar surface area (TPSA) is 92.7 Å². The number of carbonyl (C=O) groups excluding carboxylic acids is 1. The zero-order valence-corrected chi connectivity index (χ0v) is 29.8. The molecule has 1 atom stereocenters. The highest BCUT2D eigenvalue weighted by atomic mass is 28.5. The van der Waals surface area contributed by atoms with Gasteiger partial charge in [-0.3, -0.25) is 0 Å². The van der Waals surface area contributed by atoms with Crippen LogP contribution in [0.15, 0.2) is 12.7 Å². The van der Waals surface area contributed by atoms with Gasteiger partial charge < -0.3 is 31.0 Å². The predicted molar refractivity (Wildman–Crippen MR) is 159 cm³/mol. The second kappa shape index (κ2) is 15.6. The molecule has 0 spiro atoms. The fraction of sp³-hybridized carbons (Fsp3) is 0.870. The fourth-order valence-corrected chi connectivity index (χ4v) is 29.1. The molecule has 0 heterocycles. The molecule has 1 unspecified atom stereocenters. The molecule has 8 nitrogen and oxygen atoms in total. The lowest BCUT2D eigenvalue weighted by atomic mass is 10.4. The van der Waals surface area contributed by atoms with Crippen LogP contribution in [0.25, 0.3) is 0 Å². The fourth-order valence-electron chi connectivity index (χ4n) is 4.39. The first-order chi connectivity index (χ1) is 16.2. The molecule has 0 aliphatic rings. The number of hydrogen-bond acceptors (Lipinski definition) is 8. The number of esters is 1. The quantitative estimate of drug-likeness (QED) is 0.0806. The van der Waals surface area contributed by atoms with Gasteiger partial charge in [0, 0.05) is 12.7 Å². The number of unbranched alkanes of at least 4 members (excludes halogenated alkanes) is 1. The summed E-state index contributed by atoms with van der Waals surface area (Å²) in [7, 11) is -11.0. The Morgan fingerprint density at radius 3 is 1.67 bits per heavy atom. The SMILES string of the molecule is C=CC(=O)OCC(O)COCCC[Si](C)(C)O[Si](C)(C)O[Si](C)(C)O[Si](C)(C)O[Si](C)(C)CCCC. The van der Waals surface area contributed by atoms with Gasteiger partial charge in [-0.2, -0.15) is 0 Å². The maximum Gasteiger partial charge on any atom is 0.330 e. The van der Waals surface area contributed by atoms with Crippen LogP contribution in [0.2, 0.25) is 77.6 Å². The minimum absolute atomic E-state index is 0.101. The maximum atomic E-state index is 11.0. The third-order valence-electron chi connectivity index (χ3n) is 5.12. The van der Waals surface area contributed by atoms with Gasteiger partial charge in [0.05, 0.1) is 6.61 Å². The summed E-state index contributed by atoms with van der Waals surface area (Å²) in [6.45, 7) is 27.7. The molecule has 36 heavy (non-hydrogen) atoms. The third kappa shape index (κ3) is 18.3. The molecule has 0 radical (unpaired) electrons. The van der Waals surface area contributed by atoms with Crippen molar-refractivity contribution in [2.75, 3.05) is 19.8 Å². The minimum atomic E-state index is -2.46. The largest absolute Gasteiger partial charge is 0.460 e. The molecule has 0 aliphatic carbocycles. The van der Waals surface area contributed by atoms with Crippen LogP contribution in [0.3, 0.4) is 0 Å². The molecular weight excluding hydrogens is 545 g/mol. The van der Waals surface area contributed by atoms with E-state index in [2.05, 4.69) is 79.0 Å². The van der Waals surface area contributed by atoms with Crippen molar-refractivity contribution in [2.45, 2.75) is 110 Å². The van der Waals surface area contributed by atoms with Crippen molar-refractivity contribution in [2.24, 2.45) is 0 Å². The molecule has 214 valence electrons. The van der Waals surface area contributed by atoms with E-state index in [0.29, 0.717) is 6.61 Å². The van der Waals surface area contributed by atoms with Crippen molar-refractivity contribution in [1.29, 1.82) is 0 Å². The van der Waals surface area contributed by atoms with Gasteiger partial charge >= 0.3 is 31.7 Å². The third-order valence-corrected chi connectivity index (χ3v) is 24.5. The zero-order valence-electron chi connectivity index (χ0n) is 24.8. The number of hydrogen-bond donors (Lipinski definition) is 1. The second-order valence-electron chi connectivity index (χ2n) is 11.9. The summed E-state index contributed by atoms with van der Waals surface area (Å²) < 4.78 is 36.9. The van der Waals surface area contributed by atoms with Gasteiger partial charge in [0.2, 0.25) is 0 Å². The first-order valence-electron chi connectivity index (χ1n) is 13.1. The summed E-state index contributed by atoms with van der Waals surface area (Å²) in [5.41, 5.74) is 0. The van der Waals surface area contributed by atoms with Crippen molar-refractivity contribution in [3.63, 3.8) is 0 Å². The van der Waals surface area contributed by atoms with Crippen LogP contribution < -0.4 is 0 Å². The first kappa shape index (κ1) is 36.1. The molecular formula is C23H54O8Si5. The van der Waals surface area contributed by atoms with Crippen molar-refractivity contribution >= 4 is 48.3 Å². The van der Waals surface area contributed by atoms with E-state index in [9.17, 15) is 9.90 Å². The van der Waals surface area contributed by atoms with E-state index >= 15 is 0 Å². The van der Waals surface area contributed by atoms with Gasteiger partial charge in [-0.05, 0) is 84.0 Å². The van der Waals surface area contributed by atoms with E-state index in [1.807, 2.05) is 0 Å². The highest BCUT2D eigenvalue weighted by molar-refractivity contribution is 6.90. The van der Waals surface area contributed by atoms with Crippen molar-refractivity contribution in [1.82, 2.24) is 0 Å². The molecule has 13 heteroatoms. The van der Waals surface area contributed by atoms with Gasteiger partial charge in [-0.1, -0.05) is 26.3 Å². The number of aliphatic hydroxyl groups excluding tert-OH is 1. The summed E-state index contributed by atoms with van der Waals surface area (Å²) in [6.07, 6.45) is 3.43. The van der Waals surface area contributed by atoms with Gasteiger partial charge in [0.25, 0.3) is 0 Å². The van der Waals surface area contributed by atoms with Gasteiger partial charge in [0.1, 0.15) is 12.7 Å². The Bertz CT molecular complexity index is 671. The van der Waals surface area contributed by atoms with Crippen molar-refractivity contribution in [3.05, 3.63) is 12.7 Å². The Morgan fingerprint density at radius 2 is 1.22 bits per heavy atom. The monoisotopic (exact) mass is 598 g/mol. The average Bonchev–Trinajstić information content (AvgIpc) is 2.66. The van der Waals surface area contributed by atoms with Crippen LogP contribution >= 0.6 is 0 Å². The summed E-state index contributed by atoms with van der Waals surface area (Å²) in [6, 6.07) is 2.07. The minimum Gasteiger partial charge on any atom is -0.460 e. The Labute approximate surface area is 226 Å². The van der Waals surface area contributed by atoms with E-state index in [1.54, 1.807) is 0 Å². The Morgan fingerprint density at radius 1 is 0.778 bits per heavy atom. The standard InChI is InChI=1S/C23H54O8Si5/c1-13-15-18-32(3,4)28-34(7,8)30-36(11,12)31-35(9,10)29-33(5,6)19-16-17-26-20-22(24)21-27-23(25)14-2/h14,22,24H,2,13,15-21H2,1,3-12H3. The molecule has 0 amide bonds. The molecule has 0 rings (SSSR count). The second-order valence-corrected chi connectivity index (χ2v) is 31.6. The number of carbonyl (C=O) groups is 1. The smallest absolute Gasteiger partial charge is 0.330 e. The predicted octanol–water partition coefficient (Wildman–Crippen LogP) is 5.87. The van der Waals surface area contributed by atoms with Crippen LogP contribution in [0.4, 0.5) is 0 Å². The maximum absolute atomic E-state index is 11.0. The van der Waals surface area contributed by atoms with E-state index < -0.39 is 54.4 Å². The van der Waals surface area contributed by atoms with Crippen LogP contribution in [-0.4, -0.2) is 79.3 Å². The molecule has 0 saturated carbocycles. The van der Waals surface area contributed by atoms with E-state index in [4.69, 9.17) is 25.9 Å². The van der Waals surface area contributed by atoms with Crippen molar-refractivity contribution in [3.8, 4) is 0 Å². The van der Waals surface area contributed by atoms with E-state index in [0.717, 1.165) is 24.6 Å². The highest BCUT2D eigenvalue weighted by Crippen LogP contribution is 2.28. The van der Waals surface area contributed by atoms with Crippen LogP contribution in [0.5, 0.6) is 0 Å². The summed E-state index contributed by atoms with van der Waals surface area (Å²) in [5.74, 6) is -0.555. The number of aliphatic hydroxyl groups is 1. The normalized spacial score (nSPS) is 14.6. The Kier molecular flexibility index (Phi) is 15.6. The highest BCUT2D eigenvalue weighted by Gasteiger charge is 2.45. The molecule has 0 saturated heterocycles. The summed E-state index contributed by atoms with van der Waals surface area (Å²) in [4.78, 5) is 11.0. The number of rotatable bonds is 20. The van der Waals surface area contributed by atoms with Gasteiger partial charge in [-0.25, -0.2) is 4.79 Å². The zero-order chi connectivity index (χ0) is 28.3. The lowest BCUT2D eigenvalue weighted by molar-refractivity contribution is -0.141. The van der Waals surface area contributed by atoms with E-state index in [1.165, 1.54) is 12.8 Å². The summed E-state index contributed by atoms with van der Waals surface area (Å²) in [5, 5.41) is 9.82. The van der Waals surface area contributed by atoms with Gasteiger partial charge in [-0.15, -0.1) is 0 Å². The molecule has 0 aromatic rings. The first-order valence-corrected chi connectivity index (χ1v) is 27.8.